The molecule has 2 N–H and O–H groups in total. The highest BCUT2D eigenvalue weighted by Crippen LogP contribution is 2.13. The molecule has 0 aromatic carbocycles. The van der Waals surface area contributed by atoms with Gasteiger partial charge >= 0.3 is 11.9 Å². The molecule has 0 amide bonds. The Labute approximate surface area is 99.2 Å². The van der Waals surface area contributed by atoms with Crippen LogP contribution in [-0.2, 0) is 14.3 Å². The molecule has 0 fully saturated rings. The van der Waals surface area contributed by atoms with Gasteiger partial charge in [0.25, 0.3) is 0 Å². The summed E-state index contributed by atoms with van der Waals surface area (Å²) >= 11 is 1.21. The van der Waals surface area contributed by atoms with Gasteiger partial charge in [0, 0.05) is 6.61 Å². The second-order valence-electron chi connectivity index (χ2n) is 3.52. The van der Waals surface area contributed by atoms with E-state index in [4.69, 9.17) is 14.9 Å². The molecule has 6 heteroatoms. The van der Waals surface area contributed by atoms with Crippen molar-refractivity contribution in [1.82, 2.24) is 0 Å². The summed E-state index contributed by atoms with van der Waals surface area (Å²) in [5.74, 6) is -1.99. The molecule has 0 saturated heterocycles. The van der Waals surface area contributed by atoms with Crippen LogP contribution in [0.4, 0.5) is 0 Å². The van der Waals surface area contributed by atoms with Gasteiger partial charge in [-0.1, -0.05) is 6.92 Å². The smallest absolute Gasteiger partial charge is 0.313 e. The molecule has 2 atom stereocenters. The summed E-state index contributed by atoms with van der Waals surface area (Å²) in [5, 5.41) is 17.1. The summed E-state index contributed by atoms with van der Waals surface area (Å²) in [4.78, 5) is 20.8. The van der Waals surface area contributed by atoms with Gasteiger partial charge in [-0.25, -0.2) is 0 Å². The topological polar surface area (TPSA) is 83.8 Å². The van der Waals surface area contributed by atoms with Crippen molar-refractivity contribution in [3.05, 3.63) is 0 Å². The Morgan fingerprint density at radius 1 is 1.31 bits per heavy atom. The summed E-state index contributed by atoms with van der Waals surface area (Å²) < 4.78 is 5.33. The summed E-state index contributed by atoms with van der Waals surface area (Å²) in [6, 6.07) is 0. The zero-order valence-electron chi connectivity index (χ0n) is 9.51. The molecule has 0 aromatic rings. The molecular weight excluding hydrogens is 232 g/mol. The van der Waals surface area contributed by atoms with Gasteiger partial charge in [0.05, 0.1) is 11.7 Å². The Balaban J connectivity index is 3.44. The molecule has 94 valence electrons. The maximum absolute atomic E-state index is 10.5. The van der Waals surface area contributed by atoms with Crippen LogP contribution in [0, 0.1) is 5.92 Å². The minimum absolute atomic E-state index is 0.0205. The molecule has 0 rings (SSSR count). The van der Waals surface area contributed by atoms with Gasteiger partial charge in [-0.2, -0.15) is 0 Å². The fourth-order valence-electron chi connectivity index (χ4n) is 0.999. The Bertz CT molecular complexity index is 231. The zero-order valence-corrected chi connectivity index (χ0v) is 10.3. The number of hydrogen-bond donors (Lipinski definition) is 2. The van der Waals surface area contributed by atoms with Crippen molar-refractivity contribution in [3.8, 4) is 0 Å². The number of rotatable bonds is 9. The molecule has 0 bridgehead atoms. The molecule has 2 unspecified atom stereocenters. The van der Waals surface area contributed by atoms with Crippen LogP contribution in [0.25, 0.3) is 0 Å². The number of thioether (sulfide) groups is 1. The molecule has 0 saturated carbocycles. The van der Waals surface area contributed by atoms with E-state index in [0.29, 0.717) is 19.4 Å². The average molecular weight is 250 g/mol. The molecule has 5 nitrogen and oxygen atoms in total. The Morgan fingerprint density at radius 3 is 2.44 bits per heavy atom. The molecule has 0 heterocycles. The molecule has 0 spiro atoms. The van der Waals surface area contributed by atoms with Gasteiger partial charge in [-0.3, -0.25) is 9.59 Å². The van der Waals surface area contributed by atoms with Crippen molar-refractivity contribution in [2.75, 3.05) is 12.4 Å². The van der Waals surface area contributed by atoms with E-state index in [-0.39, 0.29) is 17.1 Å². The van der Waals surface area contributed by atoms with E-state index >= 15 is 0 Å². The van der Waals surface area contributed by atoms with Gasteiger partial charge in [0.15, 0.2) is 0 Å². The lowest BCUT2D eigenvalue weighted by molar-refractivity contribution is -0.141. The van der Waals surface area contributed by atoms with Gasteiger partial charge in [-0.15, -0.1) is 11.8 Å². The minimum Gasteiger partial charge on any atom is -0.481 e. The Morgan fingerprint density at radius 2 is 1.94 bits per heavy atom. The molecule has 0 radical (unpaired) electrons. The number of hydrogen-bond acceptors (Lipinski definition) is 4. The third-order valence-corrected chi connectivity index (χ3v) is 3.02. The highest BCUT2D eigenvalue weighted by Gasteiger charge is 2.10. The third-order valence-electron chi connectivity index (χ3n) is 2.00. The zero-order chi connectivity index (χ0) is 12.6. The van der Waals surface area contributed by atoms with E-state index < -0.39 is 11.9 Å². The second-order valence-corrected chi connectivity index (χ2v) is 4.81. The first-order chi connectivity index (χ1) is 7.43. The summed E-state index contributed by atoms with van der Waals surface area (Å²) in [7, 11) is 0. The fourth-order valence-corrected chi connectivity index (χ4v) is 1.57. The van der Waals surface area contributed by atoms with Gasteiger partial charge in [0.1, 0.15) is 5.44 Å². The van der Waals surface area contributed by atoms with E-state index in [9.17, 15) is 9.59 Å². The first-order valence-electron chi connectivity index (χ1n) is 5.11. The first kappa shape index (κ1) is 15.2. The molecule has 0 aliphatic rings. The number of carboxylic acids is 2. The van der Waals surface area contributed by atoms with E-state index in [1.807, 2.05) is 0 Å². The predicted octanol–water partition coefficient (Wildman–Crippen LogP) is 1.67. The van der Waals surface area contributed by atoms with Crippen molar-refractivity contribution in [2.45, 2.75) is 32.1 Å². The fraction of sp³-hybridized carbons (Fsp3) is 0.800. The first-order valence-corrected chi connectivity index (χ1v) is 6.16. The SMILES string of the molecule is CC(OCCCC(C)C(=O)O)SCC(=O)O. The van der Waals surface area contributed by atoms with E-state index in [1.165, 1.54) is 11.8 Å². The predicted molar refractivity (Wildman–Crippen MR) is 61.5 cm³/mol. The highest BCUT2D eigenvalue weighted by atomic mass is 32.2. The van der Waals surface area contributed by atoms with Crippen molar-refractivity contribution in [3.63, 3.8) is 0 Å². The van der Waals surface area contributed by atoms with Gasteiger partial charge < -0.3 is 14.9 Å². The van der Waals surface area contributed by atoms with Crippen LogP contribution in [-0.4, -0.2) is 39.9 Å². The van der Waals surface area contributed by atoms with Crippen LogP contribution in [0.3, 0.4) is 0 Å². The van der Waals surface area contributed by atoms with Crippen molar-refractivity contribution >= 4 is 23.7 Å². The monoisotopic (exact) mass is 250 g/mol. The lowest BCUT2D eigenvalue weighted by atomic mass is 10.1. The number of ether oxygens (including phenoxy) is 1. The van der Waals surface area contributed by atoms with Crippen LogP contribution < -0.4 is 0 Å². The quantitative estimate of drug-likeness (QED) is 0.478. The van der Waals surface area contributed by atoms with Crippen LogP contribution in [0.15, 0.2) is 0 Å². The number of aliphatic carboxylic acids is 2. The van der Waals surface area contributed by atoms with Crippen molar-refractivity contribution < 1.29 is 24.5 Å². The molecular formula is C10H18O5S. The third kappa shape index (κ3) is 8.55. The lowest BCUT2D eigenvalue weighted by Crippen LogP contribution is -2.12. The van der Waals surface area contributed by atoms with Gasteiger partial charge in [0.2, 0.25) is 0 Å². The minimum atomic E-state index is -0.861. The standard InChI is InChI=1S/C10H18O5S/c1-7(10(13)14)4-3-5-15-8(2)16-6-9(11)12/h7-8H,3-6H2,1-2H3,(H,11,12)(H,13,14). The average Bonchev–Trinajstić information content (AvgIpc) is 2.20. The largest absolute Gasteiger partial charge is 0.481 e. The number of carbonyl (C=O) groups is 2. The van der Waals surface area contributed by atoms with Crippen LogP contribution in [0.1, 0.15) is 26.7 Å². The summed E-state index contributed by atoms with van der Waals surface area (Å²) in [6.45, 7) is 3.91. The molecule has 16 heavy (non-hydrogen) atoms. The van der Waals surface area contributed by atoms with E-state index in [2.05, 4.69) is 0 Å². The molecule has 0 aliphatic carbocycles. The van der Waals surface area contributed by atoms with E-state index in [0.717, 1.165) is 0 Å². The molecule has 0 aromatic heterocycles. The Hall–Kier alpha value is -0.750. The van der Waals surface area contributed by atoms with Crippen LogP contribution >= 0.6 is 11.8 Å². The maximum Gasteiger partial charge on any atom is 0.313 e. The van der Waals surface area contributed by atoms with E-state index in [1.54, 1.807) is 13.8 Å². The number of carboxylic acid groups (broad SMARTS) is 2. The van der Waals surface area contributed by atoms with Crippen molar-refractivity contribution in [2.24, 2.45) is 5.92 Å². The summed E-state index contributed by atoms with van der Waals surface area (Å²) in [6.07, 6.45) is 1.25. The van der Waals surface area contributed by atoms with Gasteiger partial charge in [-0.05, 0) is 19.8 Å². The summed E-state index contributed by atoms with van der Waals surface area (Å²) in [5.41, 5.74) is -0.170. The maximum atomic E-state index is 10.5. The molecule has 0 aliphatic heterocycles. The van der Waals surface area contributed by atoms with Crippen LogP contribution in [0.5, 0.6) is 0 Å². The van der Waals surface area contributed by atoms with Crippen LogP contribution in [0.2, 0.25) is 0 Å². The normalized spacial score (nSPS) is 14.4. The highest BCUT2D eigenvalue weighted by molar-refractivity contribution is 8.00. The van der Waals surface area contributed by atoms with Crippen molar-refractivity contribution in [1.29, 1.82) is 0 Å². The lowest BCUT2D eigenvalue weighted by Gasteiger charge is -2.12. The Kier molecular flexibility index (Phi) is 8.01. The second kappa shape index (κ2) is 8.41.